The van der Waals surface area contributed by atoms with E-state index in [1.54, 1.807) is 6.08 Å². The molecule has 0 bridgehead atoms. The minimum Gasteiger partial charge on any atom is -0.352 e. The van der Waals surface area contributed by atoms with Crippen LogP contribution in [0.3, 0.4) is 0 Å². The van der Waals surface area contributed by atoms with Crippen LogP contribution >= 0.6 is 0 Å². The molecule has 0 aromatic heterocycles. The van der Waals surface area contributed by atoms with Crippen LogP contribution in [0.2, 0.25) is 0 Å². The fourth-order valence-electron chi connectivity index (χ4n) is 0.782. The normalized spacial score (nSPS) is 12.4. The Morgan fingerprint density at radius 3 is 2.36 bits per heavy atom. The highest BCUT2D eigenvalue weighted by molar-refractivity contribution is 5.87. The standard InChI is InChI=1S/C11H22N2O/c1-11(2,3)9-12-10(14)7-6-8-13(4)5/h6-7H,8-9H2,1-5H3,(H,12,14)/b7-6+. The molecule has 0 aliphatic rings. The molecule has 1 N–H and O–H groups in total. The predicted molar refractivity (Wildman–Crippen MR) is 60.2 cm³/mol. The number of rotatable bonds is 4. The van der Waals surface area contributed by atoms with Gasteiger partial charge in [0.2, 0.25) is 5.91 Å². The quantitative estimate of drug-likeness (QED) is 0.690. The highest BCUT2D eigenvalue weighted by Crippen LogP contribution is 2.09. The average molecular weight is 198 g/mol. The molecule has 0 unspecified atom stereocenters. The lowest BCUT2D eigenvalue weighted by Gasteiger charge is -2.17. The Balaban J connectivity index is 3.71. The van der Waals surface area contributed by atoms with Crippen LogP contribution in [0.25, 0.3) is 0 Å². The molecule has 0 saturated carbocycles. The summed E-state index contributed by atoms with van der Waals surface area (Å²) in [5.74, 6) is -0.0122. The van der Waals surface area contributed by atoms with Crippen molar-refractivity contribution in [2.45, 2.75) is 20.8 Å². The lowest BCUT2D eigenvalue weighted by atomic mass is 9.97. The number of carbonyl (C=O) groups excluding carboxylic acids is 1. The zero-order valence-electron chi connectivity index (χ0n) is 9.92. The molecule has 14 heavy (non-hydrogen) atoms. The summed E-state index contributed by atoms with van der Waals surface area (Å²) < 4.78 is 0. The van der Waals surface area contributed by atoms with Crippen molar-refractivity contribution in [3.05, 3.63) is 12.2 Å². The maximum absolute atomic E-state index is 11.3. The molecule has 0 fully saturated rings. The predicted octanol–water partition coefficient (Wildman–Crippen LogP) is 1.27. The summed E-state index contributed by atoms with van der Waals surface area (Å²) in [5.41, 5.74) is 0.144. The van der Waals surface area contributed by atoms with Crippen molar-refractivity contribution in [2.24, 2.45) is 5.41 Å². The first-order chi connectivity index (χ1) is 6.31. The Labute approximate surface area is 87.2 Å². The largest absolute Gasteiger partial charge is 0.352 e. The summed E-state index contributed by atoms with van der Waals surface area (Å²) in [6.07, 6.45) is 3.45. The number of amides is 1. The van der Waals surface area contributed by atoms with Crippen molar-refractivity contribution in [3.8, 4) is 0 Å². The van der Waals surface area contributed by atoms with Gasteiger partial charge in [-0.05, 0) is 19.5 Å². The van der Waals surface area contributed by atoms with Crippen molar-refractivity contribution in [2.75, 3.05) is 27.2 Å². The summed E-state index contributed by atoms with van der Waals surface area (Å²) in [6, 6.07) is 0. The minimum absolute atomic E-state index is 0.0122. The second-order valence-corrected chi connectivity index (χ2v) is 4.94. The first-order valence-electron chi connectivity index (χ1n) is 4.90. The first kappa shape index (κ1) is 13.2. The highest BCUT2D eigenvalue weighted by atomic mass is 16.1. The molecule has 3 nitrogen and oxygen atoms in total. The van der Waals surface area contributed by atoms with Crippen LogP contribution in [-0.2, 0) is 4.79 Å². The van der Waals surface area contributed by atoms with E-state index in [1.165, 1.54) is 0 Å². The molecule has 1 amide bonds. The third-order valence-electron chi connectivity index (χ3n) is 1.53. The molecule has 0 saturated heterocycles. The molecule has 0 spiro atoms. The lowest BCUT2D eigenvalue weighted by molar-refractivity contribution is -0.116. The summed E-state index contributed by atoms with van der Waals surface area (Å²) in [4.78, 5) is 13.3. The van der Waals surface area contributed by atoms with Crippen LogP contribution in [0.4, 0.5) is 0 Å². The molecule has 0 atom stereocenters. The number of likely N-dealkylation sites (N-methyl/N-ethyl adjacent to an activating group) is 1. The molecule has 0 heterocycles. The minimum atomic E-state index is -0.0122. The Kier molecular flexibility index (Phi) is 5.46. The molecule has 82 valence electrons. The maximum atomic E-state index is 11.3. The molecular weight excluding hydrogens is 176 g/mol. The van der Waals surface area contributed by atoms with E-state index in [0.29, 0.717) is 6.54 Å². The molecular formula is C11H22N2O. The Morgan fingerprint density at radius 2 is 1.93 bits per heavy atom. The van der Waals surface area contributed by atoms with E-state index in [4.69, 9.17) is 0 Å². The van der Waals surface area contributed by atoms with Gasteiger partial charge in [0.25, 0.3) is 0 Å². The molecule has 0 radical (unpaired) electrons. The van der Waals surface area contributed by atoms with Gasteiger partial charge in [0, 0.05) is 19.2 Å². The number of hydrogen-bond donors (Lipinski definition) is 1. The fraction of sp³-hybridized carbons (Fsp3) is 0.727. The van der Waals surface area contributed by atoms with E-state index >= 15 is 0 Å². The lowest BCUT2D eigenvalue weighted by Crippen LogP contribution is -2.31. The van der Waals surface area contributed by atoms with E-state index in [-0.39, 0.29) is 11.3 Å². The van der Waals surface area contributed by atoms with Gasteiger partial charge in [-0.3, -0.25) is 4.79 Å². The van der Waals surface area contributed by atoms with Gasteiger partial charge in [-0.2, -0.15) is 0 Å². The van der Waals surface area contributed by atoms with Crippen LogP contribution in [0.1, 0.15) is 20.8 Å². The van der Waals surface area contributed by atoms with Crippen molar-refractivity contribution in [1.29, 1.82) is 0 Å². The van der Waals surface area contributed by atoms with Gasteiger partial charge < -0.3 is 10.2 Å². The van der Waals surface area contributed by atoms with E-state index in [1.807, 2.05) is 25.1 Å². The van der Waals surface area contributed by atoms with Crippen LogP contribution in [0.15, 0.2) is 12.2 Å². The monoisotopic (exact) mass is 198 g/mol. The smallest absolute Gasteiger partial charge is 0.243 e. The highest BCUT2D eigenvalue weighted by Gasteiger charge is 2.10. The van der Waals surface area contributed by atoms with Crippen LogP contribution < -0.4 is 5.32 Å². The second-order valence-electron chi connectivity index (χ2n) is 4.94. The van der Waals surface area contributed by atoms with Crippen LogP contribution in [0, 0.1) is 5.41 Å². The molecule has 0 aromatic rings. The summed E-state index contributed by atoms with van der Waals surface area (Å²) in [7, 11) is 3.94. The topological polar surface area (TPSA) is 32.3 Å². The van der Waals surface area contributed by atoms with Gasteiger partial charge in [-0.15, -0.1) is 0 Å². The summed E-state index contributed by atoms with van der Waals surface area (Å²) >= 11 is 0. The Morgan fingerprint density at radius 1 is 1.36 bits per heavy atom. The van der Waals surface area contributed by atoms with Gasteiger partial charge in [-0.25, -0.2) is 0 Å². The third kappa shape index (κ3) is 9.26. The number of nitrogens with zero attached hydrogens (tertiary/aromatic N) is 1. The van der Waals surface area contributed by atoms with Gasteiger partial charge in [0.05, 0.1) is 0 Å². The van der Waals surface area contributed by atoms with E-state index in [2.05, 4.69) is 26.1 Å². The number of nitrogens with one attached hydrogen (secondary N) is 1. The van der Waals surface area contributed by atoms with E-state index in [9.17, 15) is 4.79 Å². The molecule has 3 heteroatoms. The van der Waals surface area contributed by atoms with Gasteiger partial charge >= 0.3 is 0 Å². The van der Waals surface area contributed by atoms with Gasteiger partial charge in [0.15, 0.2) is 0 Å². The first-order valence-corrected chi connectivity index (χ1v) is 4.90. The fourth-order valence-corrected chi connectivity index (χ4v) is 0.782. The van der Waals surface area contributed by atoms with Crippen molar-refractivity contribution in [3.63, 3.8) is 0 Å². The SMILES string of the molecule is CN(C)C/C=C/C(=O)NCC(C)(C)C. The van der Waals surface area contributed by atoms with Gasteiger partial charge in [0.1, 0.15) is 0 Å². The average Bonchev–Trinajstić information content (AvgIpc) is 1.99. The van der Waals surface area contributed by atoms with Crippen LogP contribution in [0.5, 0.6) is 0 Å². The van der Waals surface area contributed by atoms with Crippen molar-refractivity contribution < 1.29 is 4.79 Å². The molecule has 0 rings (SSSR count). The Bertz CT molecular complexity index is 202. The summed E-state index contributed by atoms with van der Waals surface area (Å²) in [5, 5.41) is 2.85. The zero-order chi connectivity index (χ0) is 11.2. The summed E-state index contributed by atoms with van der Waals surface area (Å²) in [6.45, 7) is 7.78. The molecule has 0 aliphatic heterocycles. The number of hydrogen-bond acceptors (Lipinski definition) is 2. The number of carbonyl (C=O) groups is 1. The van der Waals surface area contributed by atoms with Crippen LogP contribution in [-0.4, -0.2) is 38.0 Å². The van der Waals surface area contributed by atoms with Crippen molar-refractivity contribution >= 4 is 5.91 Å². The molecule has 0 aromatic carbocycles. The molecule has 0 aliphatic carbocycles. The second kappa shape index (κ2) is 5.81. The third-order valence-corrected chi connectivity index (χ3v) is 1.53. The van der Waals surface area contributed by atoms with Gasteiger partial charge in [-0.1, -0.05) is 26.8 Å². The Hall–Kier alpha value is -0.830. The zero-order valence-corrected chi connectivity index (χ0v) is 9.92. The van der Waals surface area contributed by atoms with E-state index in [0.717, 1.165) is 6.54 Å². The maximum Gasteiger partial charge on any atom is 0.243 e. The van der Waals surface area contributed by atoms with E-state index < -0.39 is 0 Å². The van der Waals surface area contributed by atoms with Crippen molar-refractivity contribution in [1.82, 2.24) is 10.2 Å².